The Morgan fingerprint density at radius 2 is 1.96 bits per heavy atom. The molecule has 144 valence electrons. The van der Waals surface area contributed by atoms with Crippen LogP contribution in [0.5, 0.6) is 0 Å². The smallest absolute Gasteiger partial charge is 0.410 e. The zero-order chi connectivity index (χ0) is 19.3. The number of carbonyl (C=O) groups excluding carboxylic acids is 2. The molecular weight excluding hydrogens is 330 g/mol. The van der Waals surface area contributed by atoms with Crippen molar-refractivity contribution in [2.45, 2.75) is 71.4 Å². The summed E-state index contributed by atoms with van der Waals surface area (Å²) in [4.78, 5) is 26.3. The van der Waals surface area contributed by atoms with Crippen molar-refractivity contribution in [2.24, 2.45) is 0 Å². The highest BCUT2D eigenvalue weighted by Crippen LogP contribution is 2.34. The van der Waals surface area contributed by atoms with Gasteiger partial charge in [0.1, 0.15) is 5.60 Å². The number of amides is 1. The summed E-state index contributed by atoms with van der Waals surface area (Å²) >= 11 is 0. The van der Waals surface area contributed by atoms with Crippen LogP contribution in [0.15, 0.2) is 24.3 Å². The number of esters is 1. The Labute approximate surface area is 156 Å². The molecule has 5 nitrogen and oxygen atoms in total. The summed E-state index contributed by atoms with van der Waals surface area (Å²) in [6.45, 7) is 10.6. The monoisotopic (exact) mass is 361 g/mol. The summed E-state index contributed by atoms with van der Waals surface area (Å²) in [5.41, 5.74) is 1.24. The van der Waals surface area contributed by atoms with Crippen LogP contribution in [-0.2, 0) is 9.47 Å². The van der Waals surface area contributed by atoms with Gasteiger partial charge < -0.3 is 14.4 Å². The van der Waals surface area contributed by atoms with Gasteiger partial charge in [-0.25, -0.2) is 9.59 Å². The van der Waals surface area contributed by atoms with Crippen LogP contribution in [0.3, 0.4) is 0 Å². The first-order valence-corrected chi connectivity index (χ1v) is 9.51. The standard InChI is InChI=1S/C21H31NO4/c1-6-18-14-16(11-12-22(18)20(24)26-21(3,4)5)15-9-8-10-17(13-15)19(23)25-7-2/h8-10,13,16,18H,6-7,11-12,14H2,1-5H3. The molecule has 0 N–H and O–H groups in total. The number of hydrogen-bond donors (Lipinski definition) is 0. The van der Waals surface area contributed by atoms with E-state index in [2.05, 4.69) is 13.0 Å². The molecule has 0 bridgehead atoms. The Morgan fingerprint density at radius 1 is 1.23 bits per heavy atom. The fourth-order valence-corrected chi connectivity index (χ4v) is 3.44. The van der Waals surface area contributed by atoms with E-state index in [1.165, 1.54) is 0 Å². The minimum atomic E-state index is -0.486. The normalized spacial score (nSPS) is 20.6. The lowest BCUT2D eigenvalue weighted by molar-refractivity contribution is 0.00756. The second-order valence-electron chi connectivity index (χ2n) is 7.80. The number of nitrogens with zero attached hydrogens (tertiary/aromatic N) is 1. The number of hydrogen-bond acceptors (Lipinski definition) is 4. The van der Waals surface area contributed by atoms with Crippen molar-refractivity contribution < 1.29 is 19.1 Å². The fraction of sp³-hybridized carbons (Fsp3) is 0.619. The van der Waals surface area contributed by atoms with Crippen LogP contribution in [0.4, 0.5) is 4.79 Å². The molecule has 1 aliphatic heterocycles. The zero-order valence-corrected chi connectivity index (χ0v) is 16.6. The maximum absolute atomic E-state index is 12.5. The molecule has 0 saturated carbocycles. The summed E-state index contributed by atoms with van der Waals surface area (Å²) in [7, 11) is 0. The summed E-state index contributed by atoms with van der Waals surface area (Å²) in [5, 5.41) is 0. The number of benzene rings is 1. The van der Waals surface area contributed by atoms with Gasteiger partial charge in [0, 0.05) is 12.6 Å². The van der Waals surface area contributed by atoms with Gasteiger partial charge >= 0.3 is 12.1 Å². The summed E-state index contributed by atoms with van der Waals surface area (Å²) in [6, 6.07) is 7.83. The van der Waals surface area contributed by atoms with Crippen LogP contribution in [-0.4, -0.2) is 41.8 Å². The van der Waals surface area contributed by atoms with Crippen molar-refractivity contribution in [2.75, 3.05) is 13.2 Å². The SMILES string of the molecule is CCOC(=O)c1cccc(C2CCN(C(=O)OC(C)(C)C)C(CC)C2)c1. The van der Waals surface area contributed by atoms with Crippen LogP contribution >= 0.6 is 0 Å². The Kier molecular flexibility index (Phi) is 6.68. The van der Waals surface area contributed by atoms with E-state index in [4.69, 9.17) is 9.47 Å². The van der Waals surface area contributed by atoms with Crippen LogP contribution in [0.25, 0.3) is 0 Å². The fourth-order valence-electron chi connectivity index (χ4n) is 3.44. The molecule has 2 unspecified atom stereocenters. The minimum Gasteiger partial charge on any atom is -0.462 e. The number of rotatable bonds is 4. The third kappa shape index (κ3) is 5.23. The van der Waals surface area contributed by atoms with Gasteiger partial charge in [0.2, 0.25) is 0 Å². The van der Waals surface area contributed by atoms with Gasteiger partial charge in [0.15, 0.2) is 0 Å². The molecule has 26 heavy (non-hydrogen) atoms. The minimum absolute atomic E-state index is 0.148. The van der Waals surface area contributed by atoms with Crippen molar-refractivity contribution in [3.8, 4) is 0 Å². The predicted molar refractivity (Wildman–Crippen MR) is 101 cm³/mol. The van der Waals surface area contributed by atoms with Gasteiger partial charge in [-0.3, -0.25) is 0 Å². The Hall–Kier alpha value is -2.04. The second-order valence-corrected chi connectivity index (χ2v) is 7.80. The Balaban J connectivity index is 2.10. The highest BCUT2D eigenvalue weighted by Gasteiger charge is 2.33. The molecule has 1 aromatic carbocycles. The molecule has 0 radical (unpaired) electrons. The first-order chi connectivity index (χ1) is 12.2. The quantitative estimate of drug-likeness (QED) is 0.726. The highest BCUT2D eigenvalue weighted by molar-refractivity contribution is 5.89. The first-order valence-electron chi connectivity index (χ1n) is 9.51. The van der Waals surface area contributed by atoms with E-state index in [0.717, 1.165) is 24.8 Å². The second kappa shape index (κ2) is 8.56. The molecule has 0 spiro atoms. The van der Waals surface area contributed by atoms with Gasteiger partial charge in [-0.1, -0.05) is 19.1 Å². The predicted octanol–water partition coefficient (Wildman–Crippen LogP) is 4.76. The molecular formula is C21H31NO4. The van der Waals surface area contributed by atoms with E-state index < -0.39 is 5.60 Å². The van der Waals surface area contributed by atoms with Crippen molar-refractivity contribution in [1.29, 1.82) is 0 Å². The highest BCUT2D eigenvalue weighted by atomic mass is 16.6. The van der Waals surface area contributed by atoms with Crippen LogP contribution < -0.4 is 0 Å². The number of likely N-dealkylation sites (tertiary alicyclic amines) is 1. The summed E-state index contributed by atoms with van der Waals surface area (Å²) in [5.74, 6) is 0.0422. The molecule has 1 amide bonds. The summed E-state index contributed by atoms with van der Waals surface area (Å²) in [6.07, 6.45) is 2.39. The van der Waals surface area contributed by atoms with Gasteiger partial charge in [-0.2, -0.15) is 0 Å². The molecule has 5 heteroatoms. The number of carbonyl (C=O) groups is 2. The van der Waals surface area contributed by atoms with Crippen molar-refractivity contribution in [3.05, 3.63) is 35.4 Å². The maximum atomic E-state index is 12.5. The van der Waals surface area contributed by atoms with E-state index in [0.29, 0.717) is 24.6 Å². The van der Waals surface area contributed by atoms with Crippen molar-refractivity contribution in [1.82, 2.24) is 4.90 Å². The lowest BCUT2D eigenvalue weighted by atomic mass is 9.84. The van der Waals surface area contributed by atoms with Gasteiger partial charge in [0.05, 0.1) is 12.2 Å². The number of piperidine rings is 1. The first kappa shape index (κ1) is 20.3. The lowest BCUT2D eigenvalue weighted by Gasteiger charge is -2.40. The van der Waals surface area contributed by atoms with Gasteiger partial charge in [-0.15, -0.1) is 0 Å². The lowest BCUT2D eigenvalue weighted by Crippen LogP contribution is -2.47. The molecule has 0 aromatic heterocycles. The average molecular weight is 361 g/mol. The van der Waals surface area contributed by atoms with Crippen LogP contribution in [0.1, 0.15) is 75.7 Å². The van der Waals surface area contributed by atoms with Crippen LogP contribution in [0, 0.1) is 0 Å². The topological polar surface area (TPSA) is 55.8 Å². The van der Waals surface area contributed by atoms with E-state index >= 15 is 0 Å². The molecule has 2 rings (SSSR count). The Bertz CT molecular complexity index is 635. The largest absolute Gasteiger partial charge is 0.462 e. The molecule has 1 aromatic rings. The van der Waals surface area contributed by atoms with E-state index in [-0.39, 0.29) is 18.1 Å². The van der Waals surface area contributed by atoms with E-state index in [1.54, 1.807) is 13.0 Å². The maximum Gasteiger partial charge on any atom is 0.410 e. The zero-order valence-electron chi connectivity index (χ0n) is 16.6. The summed E-state index contributed by atoms with van der Waals surface area (Å²) < 4.78 is 10.7. The molecule has 1 fully saturated rings. The molecule has 1 aliphatic rings. The van der Waals surface area contributed by atoms with Crippen molar-refractivity contribution >= 4 is 12.1 Å². The number of ether oxygens (including phenoxy) is 2. The van der Waals surface area contributed by atoms with Crippen LogP contribution in [0.2, 0.25) is 0 Å². The Morgan fingerprint density at radius 3 is 2.58 bits per heavy atom. The molecule has 0 aliphatic carbocycles. The molecule has 2 atom stereocenters. The third-order valence-electron chi connectivity index (χ3n) is 4.68. The van der Waals surface area contributed by atoms with Crippen molar-refractivity contribution in [3.63, 3.8) is 0 Å². The van der Waals surface area contributed by atoms with E-state index in [9.17, 15) is 9.59 Å². The van der Waals surface area contributed by atoms with E-state index in [1.807, 2.05) is 37.8 Å². The third-order valence-corrected chi connectivity index (χ3v) is 4.68. The average Bonchev–Trinajstić information content (AvgIpc) is 2.60. The van der Waals surface area contributed by atoms with Gasteiger partial charge in [-0.05, 0) is 70.6 Å². The van der Waals surface area contributed by atoms with Gasteiger partial charge in [0.25, 0.3) is 0 Å². The molecule has 1 heterocycles. The molecule has 1 saturated heterocycles.